The van der Waals surface area contributed by atoms with Crippen LogP contribution in [0.4, 0.5) is 16.2 Å². The SMILES string of the molecule is CCOc1ccc(NC(=O)NCC(O)c2ccc3c(c2)CCN3C)cc1. The molecule has 6 heteroatoms. The number of likely N-dealkylation sites (N-methyl/N-ethyl adjacent to an activating group) is 1. The van der Waals surface area contributed by atoms with Crippen molar-refractivity contribution in [3.63, 3.8) is 0 Å². The highest BCUT2D eigenvalue weighted by atomic mass is 16.5. The molecule has 2 amide bonds. The topological polar surface area (TPSA) is 73.8 Å². The molecule has 2 aromatic carbocycles. The van der Waals surface area contributed by atoms with E-state index >= 15 is 0 Å². The number of carbonyl (C=O) groups is 1. The van der Waals surface area contributed by atoms with Crippen LogP contribution in [0.2, 0.25) is 0 Å². The first-order chi connectivity index (χ1) is 12.6. The molecular weight excluding hydrogens is 330 g/mol. The minimum Gasteiger partial charge on any atom is -0.494 e. The van der Waals surface area contributed by atoms with E-state index in [4.69, 9.17) is 4.74 Å². The van der Waals surface area contributed by atoms with Crippen molar-refractivity contribution in [3.05, 3.63) is 53.6 Å². The number of nitrogens with one attached hydrogen (secondary N) is 2. The summed E-state index contributed by atoms with van der Waals surface area (Å²) in [7, 11) is 2.06. The highest BCUT2D eigenvalue weighted by Crippen LogP contribution is 2.29. The molecule has 1 aliphatic rings. The van der Waals surface area contributed by atoms with Gasteiger partial charge < -0.3 is 25.4 Å². The van der Waals surface area contributed by atoms with E-state index in [0.29, 0.717) is 12.3 Å². The maximum absolute atomic E-state index is 12.0. The lowest BCUT2D eigenvalue weighted by atomic mass is 10.0. The molecule has 0 saturated carbocycles. The first kappa shape index (κ1) is 18.1. The molecule has 0 radical (unpaired) electrons. The Morgan fingerprint density at radius 2 is 2.04 bits per heavy atom. The third kappa shape index (κ3) is 4.26. The molecular formula is C20H25N3O3. The van der Waals surface area contributed by atoms with Gasteiger partial charge >= 0.3 is 6.03 Å². The monoisotopic (exact) mass is 355 g/mol. The Labute approximate surface area is 153 Å². The molecule has 0 aliphatic carbocycles. The highest BCUT2D eigenvalue weighted by molar-refractivity contribution is 5.89. The summed E-state index contributed by atoms with van der Waals surface area (Å²) < 4.78 is 5.37. The molecule has 6 nitrogen and oxygen atoms in total. The number of nitrogens with zero attached hydrogens (tertiary/aromatic N) is 1. The van der Waals surface area contributed by atoms with Gasteiger partial charge in [-0.2, -0.15) is 0 Å². The lowest BCUT2D eigenvalue weighted by Gasteiger charge is -2.16. The zero-order chi connectivity index (χ0) is 18.5. The summed E-state index contributed by atoms with van der Waals surface area (Å²) in [6, 6.07) is 12.8. The molecule has 0 saturated heterocycles. The van der Waals surface area contributed by atoms with E-state index in [-0.39, 0.29) is 12.6 Å². The number of aliphatic hydroxyl groups excluding tert-OH is 1. The Balaban J connectivity index is 1.51. The molecule has 0 spiro atoms. The van der Waals surface area contributed by atoms with Crippen LogP contribution in [0.1, 0.15) is 24.2 Å². The molecule has 26 heavy (non-hydrogen) atoms. The maximum Gasteiger partial charge on any atom is 0.319 e. The van der Waals surface area contributed by atoms with Crippen LogP contribution in [0.25, 0.3) is 0 Å². The molecule has 0 aromatic heterocycles. The number of ether oxygens (including phenoxy) is 1. The third-order valence-corrected chi connectivity index (χ3v) is 4.50. The van der Waals surface area contributed by atoms with Crippen LogP contribution < -0.4 is 20.3 Å². The Hall–Kier alpha value is -2.73. The van der Waals surface area contributed by atoms with Crippen LogP contribution in [0.5, 0.6) is 5.75 Å². The molecule has 3 N–H and O–H groups in total. The third-order valence-electron chi connectivity index (χ3n) is 4.50. The summed E-state index contributed by atoms with van der Waals surface area (Å²) in [6.45, 7) is 3.67. The van der Waals surface area contributed by atoms with Gasteiger partial charge in [0.05, 0.1) is 12.7 Å². The number of rotatable bonds is 6. The Kier molecular flexibility index (Phi) is 5.63. The molecule has 2 aromatic rings. The van der Waals surface area contributed by atoms with Gasteiger partial charge in [-0.1, -0.05) is 12.1 Å². The van der Waals surface area contributed by atoms with E-state index in [1.807, 2.05) is 25.1 Å². The first-order valence-corrected chi connectivity index (χ1v) is 8.86. The Morgan fingerprint density at radius 3 is 2.77 bits per heavy atom. The van der Waals surface area contributed by atoms with E-state index in [1.165, 1.54) is 11.3 Å². The van der Waals surface area contributed by atoms with E-state index in [9.17, 15) is 9.90 Å². The van der Waals surface area contributed by atoms with Crippen LogP contribution in [-0.4, -0.2) is 37.9 Å². The number of aliphatic hydroxyl groups is 1. The summed E-state index contributed by atoms with van der Waals surface area (Å²) in [6.07, 6.45) is 0.246. The molecule has 1 heterocycles. The molecule has 3 rings (SSSR count). The van der Waals surface area contributed by atoms with Crippen molar-refractivity contribution in [2.24, 2.45) is 0 Å². The number of fused-ring (bicyclic) bond motifs is 1. The largest absolute Gasteiger partial charge is 0.494 e. The first-order valence-electron chi connectivity index (χ1n) is 8.86. The van der Waals surface area contributed by atoms with Gasteiger partial charge in [0, 0.05) is 31.5 Å². The van der Waals surface area contributed by atoms with Crippen molar-refractivity contribution in [2.45, 2.75) is 19.4 Å². The second kappa shape index (κ2) is 8.10. The summed E-state index contributed by atoms with van der Waals surface area (Å²) in [5.74, 6) is 0.760. The van der Waals surface area contributed by atoms with Crippen molar-refractivity contribution in [2.75, 3.05) is 37.0 Å². The minimum atomic E-state index is -0.739. The minimum absolute atomic E-state index is 0.150. The fourth-order valence-electron chi connectivity index (χ4n) is 3.08. The van der Waals surface area contributed by atoms with Gasteiger partial charge in [0.2, 0.25) is 0 Å². The van der Waals surface area contributed by atoms with Crippen LogP contribution in [0.3, 0.4) is 0 Å². The van der Waals surface area contributed by atoms with Crippen molar-refractivity contribution < 1.29 is 14.6 Å². The predicted molar refractivity (Wildman–Crippen MR) is 103 cm³/mol. The lowest BCUT2D eigenvalue weighted by molar-refractivity contribution is 0.175. The number of carbonyl (C=O) groups excluding carboxylic acids is 1. The standard InChI is InChI=1S/C20H25N3O3/c1-3-26-17-7-5-16(6-8-17)22-20(25)21-13-19(24)15-4-9-18-14(12-15)10-11-23(18)2/h4-9,12,19,24H,3,10-11,13H2,1-2H3,(H2,21,22,25). The van der Waals surface area contributed by atoms with Crippen LogP contribution in [0.15, 0.2) is 42.5 Å². The number of anilines is 2. The van der Waals surface area contributed by atoms with Crippen molar-refractivity contribution >= 4 is 17.4 Å². The van der Waals surface area contributed by atoms with Crippen molar-refractivity contribution in [1.29, 1.82) is 0 Å². The lowest BCUT2D eigenvalue weighted by Crippen LogP contribution is -2.32. The Bertz CT molecular complexity index is 761. The fraction of sp³-hybridized carbons (Fsp3) is 0.350. The maximum atomic E-state index is 12.0. The number of hydrogen-bond donors (Lipinski definition) is 3. The Morgan fingerprint density at radius 1 is 1.27 bits per heavy atom. The second-order valence-corrected chi connectivity index (χ2v) is 6.37. The zero-order valence-electron chi connectivity index (χ0n) is 15.2. The van der Waals surface area contributed by atoms with E-state index in [2.05, 4.69) is 22.6 Å². The number of amides is 2. The fourth-order valence-corrected chi connectivity index (χ4v) is 3.08. The molecule has 1 unspecified atom stereocenters. The van der Waals surface area contributed by atoms with Gasteiger partial charge in [0.25, 0.3) is 0 Å². The van der Waals surface area contributed by atoms with Gasteiger partial charge in [-0.05, 0) is 54.8 Å². The summed E-state index contributed by atoms with van der Waals surface area (Å²) in [5, 5.41) is 15.8. The molecule has 0 bridgehead atoms. The molecule has 138 valence electrons. The average molecular weight is 355 g/mol. The van der Waals surface area contributed by atoms with Gasteiger partial charge in [-0.25, -0.2) is 4.79 Å². The number of urea groups is 1. The normalized spacial score (nSPS) is 13.9. The van der Waals surface area contributed by atoms with Crippen LogP contribution in [0, 0.1) is 0 Å². The summed E-state index contributed by atoms with van der Waals surface area (Å²) in [5.41, 5.74) is 3.94. The molecule has 1 atom stereocenters. The zero-order valence-corrected chi connectivity index (χ0v) is 15.2. The van der Waals surface area contributed by atoms with Gasteiger partial charge in [0.15, 0.2) is 0 Å². The van der Waals surface area contributed by atoms with Gasteiger partial charge in [0.1, 0.15) is 5.75 Å². The average Bonchev–Trinajstić information content (AvgIpc) is 3.02. The summed E-state index contributed by atoms with van der Waals surface area (Å²) >= 11 is 0. The van der Waals surface area contributed by atoms with E-state index in [1.54, 1.807) is 24.3 Å². The van der Waals surface area contributed by atoms with E-state index < -0.39 is 6.10 Å². The molecule has 0 fully saturated rings. The van der Waals surface area contributed by atoms with Crippen LogP contribution in [-0.2, 0) is 6.42 Å². The number of benzene rings is 2. The van der Waals surface area contributed by atoms with Crippen LogP contribution >= 0.6 is 0 Å². The smallest absolute Gasteiger partial charge is 0.319 e. The van der Waals surface area contributed by atoms with Crippen molar-refractivity contribution in [1.82, 2.24) is 5.32 Å². The van der Waals surface area contributed by atoms with Gasteiger partial charge in [-0.15, -0.1) is 0 Å². The van der Waals surface area contributed by atoms with Crippen molar-refractivity contribution in [3.8, 4) is 5.75 Å². The number of hydrogen-bond acceptors (Lipinski definition) is 4. The second-order valence-electron chi connectivity index (χ2n) is 6.37. The molecule has 1 aliphatic heterocycles. The summed E-state index contributed by atoms with van der Waals surface area (Å²) in [4.78, 5) is 14.2. The van der Waals surface area contributed by atoms with Gasteiger partial charge in [-0.3, -0.25) is 0 Å². The van der Waals surface area contributed by atoms with E-state index in [0.717, 1.165) is 24.3 Å². The quantitative estimate of drug-likeness (QED) is 0.745. The highest BCUT2D eigenvalue weighted by Gasteiger charge is 2.18. The predicted octanol–water partition coefficient (Wildman–Crippen LogP) is 2.93.